The van der Waals surface area contributed by atoms with Crippen molar-refractivity contribution in [1.29, 1.82) is 0 Å². The van der Waals surface area contributed by atoms with Gasteiger partial charge in [0.25, 0.3) is 0 Å². The number of carbonyl (C=O) groups is 1. The summed E-state index contributed by atoms with van der Waals surface area (Å²) in [4.78, 5) is 15.5. The van der Waals surface area contributed by atoms with E-state index >= 15 is 0 Å². The minimum Gasteiger partial charge on any atom is -0.476 e. The average Bonchev–Trinajstić information content (AvgIpc) is 2.80. The molecule has 1 N–H and O–H groups in total. The summed E-state index contributed by atoms with van der Waals surface area (Å²) in [5.41, 5.74) is 1.20. The summed E-state index contributed by atoms with van der Waals surface area (Å²) < 4.78 is 15.1. The second-order valence-corrected chi connectivity index (χ2v) is 4.40. The van der Waals surface area contributed by atoms with E-state index in [0.29, 0.717) is 22.0 Å². The molecule has 0 radical (unpaired) electrons. The van der Waals surface area contributed by atoms with E-state index in [0.717, 1.165) is 0 Å². The predicted molar refractivity (Wildman–Crippen MR) is 70.9 cm³/mol. The summed E-state index contributed by atoms with van der Waals surface area (Å²) in [7, 11) is 1.62. The molecule has 5 nitrogen and oxygen atoms in total. The maximum Gasteiger partial charge on any atom is 0.357 e. The zero-order valence-electron chi connectivity index (χ0n) is 10.5. The Morgan fingerprint density at radius 3 is 2.90 bits per heavy atom. The number of aryl methyl sites for hydroxylation is 1. The molecule has 100 valence electrons. The first-order chi connectivity index (χ1) is 9.56. The van der Waals surface area contributed by atoms with Gasteiger partial charge in [-0.2, -0.15) is 5.10 Å². The Labute approximate surface area is 113 Å². The molecule has 0 saturated heterocycles. The molecular formula is C14H10FN3O2. The summed E-state index contributed by atoms with van der Waals surface area (Å²) in [5, 5.41) is 13.7. The molecule has 0 unspecified atom stereocenters. The number of nitrogens with zero attached hydrogens (tertiary/aromatic N) is 3. The van der Waals surface area contributed by atoms with E-state index in [2.05, 4.69) is 10.1 Å². The van der Waals surface area contributed by atoms with Gasteiger partial charge in [0.15, 0.2) is 5.69 Å². The van der Waals surface area contributed by atoms with Gasteiger partial charge in [0.05, 0.1) is 5.52 Å². The van der Waals surface area contributed by atoms with Crippen LogP contribution in [0.3, 0.4) is 0 Å². The molecule has 20 heavy (non-hydrogen) atoms. The van der Waals surface area contributed by atoms with Gasteiger partial charge < -0.3 is 5.11 Å². The SMILES string of the molecule is Cn1cc(-c2cc(F)cc3cccnc23)c(C(=O)O)n1. The van der Waals surface area contributed by atoms with Crippen molar-refractivity contribution in [1.82, 2.24) is 14.8 Å². The number of hydrogen-bond acceptors (Lipinski definition) is 3. The Balaban J connectivity index is 2.37. The molecule has 3 aromatic rings. The molecule has 0 bridgehead atoms. The van der Waals surface area contributed by atoms with Gasteiger partial charge in [0.1, 0.15) is 5.82 Å². The minimum absolute atomic E-state index is 0.120. The highest BCUT2D eigenvalue weighted by molar-refractivity contribution is 6.00. The lowest BCUT2D eigenvalue weighted by molar-refractivity contribution is 0.0690. The number of pyridine rings is 1. The van der Waals surface area contributed by atoms with Gasteiger partial charge in [-0.15, -0.1) is 0 Å². The average molecular weight is 271 g/mol. The minimum atomic E-state index is -1.16. The number of fused-ring (bicyclic) bond motifs is 1. The fourth-order valence-electron chi connectivity index (χ4n) is 2.20. The molecule has 0 amide bonds. The van der Waals surface area contributed by atoms with Crippen molar-refractivity contribution in [3.05, 3.63) is 48.2 Å². The molecule has 0 aliphatic carbocycles. The summed E-state index contributed by atoms with van der Waals surface area (Å²) in [6.45, 7) is 0. The fraction of sp³-hybridized carbons (Fsp3) is 0.0714. The van der Waals surface area contributed by atoms with Crippen LogP contribution in [0.2, 0.25) is 0 Å². The molecule has 6 heteroatoms. The molecule has 3 rings (SSSR count). The predicted octanol–water partition coefficient (Wildman–Crippen LogP) is 2.47. The van der Waals surface area contributed by atoms with Crippen LogP contribution in [0, 0.1) is 5.82 Å². The summed E-state index contributed by atoms with van der Waals surface area (Å²) in [6, 6.07) is 6.07. The molecule has 2 aromatic heterocycles. The lowest BCUT2D eigenvalue weighted by atomic mass is 10.0. The number of carboxylic acids is 1. The highest BCUT2D eigenvalue weighted by Crippen LogP contribution is 2.30. The quantitative estimate of drug-likeness (QED) is 0.777. The van der Waals surface area contributed by atoms with E-state index in [1.165, 1.54) is 16.8 Å². The molecule has 0 spiro atoms. The van der Waals surface area contributed by atoms with Crippen LogP contribution >= 0.6 is 0 Å². The van der Waals surface area contributed by atoms with Crippen LogP contribution in [0.1, 0.15) is 10.5 Å². The Hall–Kier alpha value is -2.76. The van der Waals surface area contributed by atoms with Crippen molar-refractivity contribution >= 4 is 16.9 Å². The van der Waals surface area contributed by atoms with Crippen LogP contribution in [-0.4, -0.2) is 25.8 Å². The molecule has 0 fully saturated rings. The number of aromatic carboxylic acids is 1. The largest absolute Gasteiger partial charge is 0.476 e. The van der Waals surface area contributed by atoms with Gasteiger partial charge >= 0.3 is 5.97 Å². The third kappa shape index (κ3) is 1.91. The monoisotopic (exact) mass is 271 g/mol. The van der Waals surface area contributed by atoms with Crippen LogP contribution in [0.5, 0.6) is 0 Å². The number of aromatic nitrogens is 3. The van der Waals surface area contributed by atoms with Gasteiger partial charge in [0.2, 0.25) is 0 Å². The van der Waals surface area contributed by atoms with Crippen LogP contribution in [0.15, 0.2) is 36.7 Å². The zero-order valence-corrected chi connectivity index (χ0v) is 10.5. The number of halogens is 1. The van der Waals surface area contributed by atoms with E-state index in [4.69, 9.17) is 0 Å². The first-order valence-corrected chi connectivity index (χ1v) is 5.88. The lowest BCUT2D eigenvalue weighted by Crippen LogP contribution is -2.01. The van der Waals surface area contributed by atoms with E-state index in [1.807, 2.05) is 0 Å². The molecule has 0 aliphatic rings. The molecule has 0 atom stereocenters. The van der Waals surface area contributed by atoms with E-state index in [9.17, 15) is 14.3 Å². The van der Waals surface area contributed by atoms with Crippen LogP contribution in [0.25, 0.3) is 22.0 Å². The van der Waals surface area contributed by atoms with E-state index < -0.39 is 11.8 Å². The number of carboxylic acid groups (broad SMARTS) is 1. The number of rotatable bonds is 2. The first kappa shape index (κ1) is 12.3. The van der Waals surface area contributed by atoms with Gasteiger partial charge in [-0.25, -0.2) is 9.18 Å². The Morgan fingerprint density at radius 2 is 2.15 bits per heavy atom. The van der Waals surface area contributed by atoms with Crippen LogP contribution in [0.4, 0.5) is 4.39 Å². The number of hydrogen-bond donors (Lipinski definition) is 1. The third-order valence-electron chi connectivity index (χ3n) is 2.99. The maximum atomic E-state index is 13.7. The zero-order chi connectivity index (χ0) is 14.3. The molecule has 0 aliphatic heterocycles. The fourth-order valence-corrected chi connectivity index (χ4v) is 2.20. The van der Waals surface area contributed by atoms with Crippen molar-refractivity contribution in [3.63, 3.8) is 0 Å². The standard InChI is InChI=1S/C14H10FN3O2/c1-18-7-11(13(17-18)14(19)20)10-6-9(15)5-8-3-2-4-16-12(8)10/h2-7H,1H3,(H,19,20). The van der Waals surface area contributed by atoms with Gasteiger partial charge in [0, 0.05) is 36.0 Å². The highest BCUT2D eigenvalue weighted by atomic mass is 19.1. The Bertz CT molecular complexity index is 826. The second kappa shape index (κ2) is 4.41. The Morgan fingerprint density at radius 1 is 1.35 bits per heavy atom. The summed E-state index contributed by atoms with van der Waals surface area (Å²) >= 11 is 0. The van der Waals surface area contributed by atoms with Gasteiger partial charge in [-0.3, -0.25) is 9.67 Å². The summed E-state index contributed by atoms with van der Waals surface area (Å²) in [6.07, 6.45) is 3.13. The topological polar surface area (TPSA) is 68.0 Å². The van der Waals surface area contributed by atoms with Crippen molar-refractivity contribution in [2.45, 2.75) is 0 Å². The van der Waals surface area contributed by atoms with Gasteiger partial charge in [-0.1, -0.05) is 6.07 Å². The number of benzene rings is 1. The maximum absolute atomic E-state index is 13.7. The molecular weight excluding hydrogens is 261 g/mol. The van der Waals surface area contributed by atoms with Gasteiger partial charge in [-0.05, 0) is 18.2 Å². The second-order valence-electron chi connectivity index (χ2n) is 4.40. The van der Waals surface area contributed by atoms with Crippen molar-refractivity contribution in [2.75, 3.05) is 0 Å². The smallest absolute Gasteiger partial charge is 0.357 e. The summed E-state index contributed by atoms with van der Waals surface area (Å²) in [5.74, 6) is -1.60. The molecule has 1 aromatic carbocycles. The van der Waals surface area contributed by atoms with Crippen molar-refractivity contribution < 1.29 is 14.3 Å². The van der Waals surface area contributed by atoms with Crippen molar-refractivity contribution in [3.8, 4) is 11.1 Å². The van der Waals surface area contributed by atoms with Crippen molar-refractivity contribution in [2.24, 2.45) is 7.05 Å². The Kier molecular flexibility index (Phi) is 2.71. The molecule has 0 saturated carbocycles. The lowest BCUT2D eigenvalue weighted by Gasteiger charge is -2.05. The normalized spacial score (nSPS) is 10.9. The first-order valence-electron chi connectivity index (χ1n) is 5.88. The molecule has 2 heterocycles. The van der Waals surface area contributed by atoms with E-state index in [-0.39, 0.29) is 5.69 Å². The van der Waals surface area contributed by atoms with Crippen LogP contribution < -0.4 is 0 Å². The van der Waals surface area contributed by atoms with E-state index in [1.54, 1.807) is 31.6 Å². The van der Waals surface area contributed by atoms with Crippen LogP contribution in [-0.2, 0) is 7.05 Å². The highest BCUT2D eigenvalue weighted by Gasteiger charge is 2.19. The third-order valence-corrected chi connectivity index (χ3v) is 2.99.